The summed E-state index contributed by atoms with van der Waals surface area (Å²) in [6, 6.07) is 4.87. The maximum atomic E-state index is 12.5. The van der Waals surface area contributed by atoms with Gasteiger partial charge in [-0.25, -0.2) is 0 Å². The number of anilines is 1. The van der Waals surface area contributed by atoms with Gasteiger partial charge in [0.05, 0.1) is 23.2 Å². The van der Waals surface area contributed by atoms with Gasteiger partial charge in [0.1, 0.15) is 0 Å². The fourth-order valence-corrected chi connectivity index (χ4v) is 3.07. The minimum atomic E-state index is -0.262. The number of nitrogens with zero attached hydrogens (tertiary/aromatic N) is 1. The summed E-state index contributed by atoms with van der Waals surface area (Å²) < 4.78 is 0. The summed E-state index contributed by atoms with van der Waals surface area (Å²) in [7, 11) is 0. The van der Waals surface area contributed by atoms with Gasteiger partial charge in [-0.05, 0) is 37.6 Å². The summed E-state index contributed by atoms with van der Waals surface area (Å²) in [5, 5.41) is 6.79. The molecule has 0 spiro atoms. The van der Waals surface area contributed by atoms with E-state index in [0.717, 1.165) is 19.4 Å². The molecule has 1 saturated heterocycles. The Morgan fingerprint density at radius 2 is 2.17 bits per heavy atom. The quantitative estimate of drug-likeness (QED) is 0.822. The van der Waals surface area contributed by atoms with Crippen LogP contribution in [0.3, 0.4) is 0 Å². The van der Waals surface area contributed by atoms with Gasteiger partial charge < -0.3 is 15.5 Å². The molecule has 1 aromatic carbocycles. The third kappa shape index (κ3) is 5.09. The van der Waals surface area contributed by atoms with Gasteiger partial charge in [-0.1, -0.05) is 30.1 Å². The fourth-order valence-electron chi connectivity index (χ4n) is 2.61. The van der Waals surface area contributed by atoms with Gasteiger partial charge in [0, 0.05) is 18.1 Å². The standard InChI is InChI=1S/C16H21Cl2N3O2/c1-2-7-21(16(23)11-5-6-19-9-11)10-15(22)20-14-4-3-12(17)8-13(14)18/h3-4,8,11,19H,2,5-7,9-10H2,1H3,(H,20,22). The van der Waals surface area contributed by atoms with Crippen LogP contribution in [0.1, 0.15) is 19.8 Å². The third-order valence-corrected chi connectivity index (χ3v) is 4.30. The van der Waals surface area contributed by atoms with Gasteiger partial charge in [-0.3, -0.25) is 9.59 Å². The SMILES string of the molecule is CCCN(CC(=O)Nc1ccc(Cl)cc1Cl)C(=O)C1CCNC1. The molecule has 2 amide bonds. The molecular formula is C16H21Cl2N3O2. The van der Waals surface area contributed by atoms with E-state index in [1.54, 1.807) is 23.1 Å². The van der Waals surface area contributed by atoms with Gasteiger partial charge in [0.2, 0.25) is 11.8 Å². The van der Waals surface area contributed by atoms with Crippen molar-refractivity contribution in [2.45, 2.75) is 19.8 Å². The molecular weight excluding hydrogens is 337 g/mol. The number of halogens is 2. The molecule has 7 heteroatoms. The lowest BCUT2D eigenvalue weighted by Crippen LogP contribution is -2.42. The topological polar surface area (TPSA) is 61.4 Å². The van der Waals surface area contributed by atoms with Crippen molar-refractivity contribution in [3.8, 4) is 0 Å². The second kappa shape index (κ2) is 8.52. The molecule has 0 radical (unpaired) electrons. The highest BCUT2D eigenvalue weighted by Crippen LogP contribution is 2.25. The van der Waals surface area contributed by atoms with Crippen LogP contribution in [0.5, 0.6) is 0 Å². The molecule has 1 heterocycles. The first-order chi connectivity index (χ1) is 11.0. The van der Waals surface area contributed by atoms with Gasteiger partial charge in [-0.15, -0.1) is 0 Å². The van der Waals surface area contributed by atoms with Crippen molar-refractivity contribution in [3.63, 3.8) is 0 Å². The molecule has 1 unspecified atom stereocenters. The minimum absolute atomic E-state index is 0.0299. The van der Waals surface area contributed by atoms with Crippen LogP contribution < -0.4 is 10.6 Å². The molecule has 1 aliphatic rings. The van der Waals surface area contributed by atoms with E-state index >= 15 is 0 Å². The van der Waals surface area contributed by atoms with Crippen LogP contribution in [0.4, 0.5) is 5.69 Å². The Kier molecular flexibility index (Phi) is 6.69. The van der Waals surface area contributed by atoms with Crippen molar-refractivity contribution in [1.29, 1.82) is 0 Å². The molecule has 0 aromatic heterocycles. The second-order valence-electron chi connectivity index (χ2n) is 5.62. The molecule has 23 heavy (non-hydrogen) atoms. The molecule has 1 fully saturated rings. The molecule has 1 atom stereocenters. The van der Waals surface area contributed by atoms with Crippen LogP contribution in [-0.2, 0) is 9.59 Å². The molecule has 0 saturated carbocycles. The average molecular weight is 358 g/mol. The predicted octanol–water partition coefficient (Wildman–Crippen LogP) is 2.78. The first-order valence-corrected chi connectivity index (χ1v) is 8.51. The van der Waals surface area contributed by atoms with Gasteiger partial charge >= 0.3 is 0 Å². The highest BCUT2D eigenvalue weighted by Gasteiger charge is 2.27. The molecule has 126 valence electrons. The van der Waals surface area contributed by atoms with E-state index in [1.165, 1.54) is 0 Å². The zero-order valence-corrected chi connectivity index (χ0v) is 14.6. The number of amides is 2. The van der Waals surface area contributed by atoms with Crippen LogP contribution in [0.2, 0.25) is 10.0 Å². The lowest BCUT2D eigenvalue weighted by Gasteiger charge is -2.24. The maximum Gasteiger partial charge on any atom is 0.244 e. The Bertz CT molecular complexity index is 574. The zero-order chi connectivity index (χ0) is 16.8. The van der Waals surface area contributed by atoms with Gasteiger partial charge in [0.15, 0.2) is 0 Å². The largest absolute Gasteiger partial charge is 0.333 e. The Morgan fingerprint density at radius 1 is 1.39 bits per heavy atom. The summed E-state index contributed by atoms with van der Waals surface area (Å²) in [6.07, 6.45) is 1.63. The van der Waals surface area contributed by atoms with E-state index in [9.17, 15) is 9.59 Å². The van der Waals surface area contributed by atoms with E-state index < -0.39 is 0 Å². The minimum Gasteiger partial charge on any atom is -0.333 e. The van der Waals surface area contributed by atoms with Crippen molar-refractivity contribution in [3.05, 3.63) is 28.2 Å². The van der Waals surface area contributed by atoms with E-state index in [1.807, 2.05) is 6.92 Å². The number of carbonyl (C=O) groups excluding carboxylic acids is 2. The monoisotopic (exact) mass is 357 g/mol. The van der Waals surface area contributed by atoms with Crippen LogP contribution >= 0.6 is 23.2 Å². The number of rotatable bonds is 6. The maximum absolute atomic E-state index is 12.5. The van der Waals surface area contributed by atoms with Crippen molar-refractivity contribution in [2.75, 3.05) is 31.5 Å². The third-order valence-electron chi connectivity index (χ3n) is 3.75. The second-order valence-corrected chi connectivity index (χ2v) is 6.47. The summed E-state index contributed by atoms with van der Waals surface area (Å²) >= 11 is 11.9. The van der Waals surface area contributed by atoms with Crippen LogP contribution in [0.25, 0.3) is 0 Å². The molecule has 5 nitrogen and oxygen atoms in total. The van der Waals surface area contributed by atoms with Gasteiger partial charge in [-0.2, -0.15) is 0 Å². The van der Waals surface area contributed by atoms with Crippen molar-refractivity contribution in [2.24, 2.45) is 5.92 Å². The van der Waals surface area contributed by atoms with Crippen molar-refractivity contribution >= 4 is 40.7 Å². The molecule has 0 bridgehead atoms. The first-order valence-electron chi connectivity index (χ1n) is 7.75. The highest BCUT2D eigenvalue weighted by atomic mass is 35.5. The van der Waals surface area contributed by atoms with Crippen molar-refractivity contribution < 1.29 is 9.59 Å². The van der Waals surface area contributed by atoms with Gasteiger partial charge in [0.25, 0.3) is 0 Å². The highest BCUT2D eigenvalue weighted by molar-refractivity contribution is 6.36. The molecule has 1 aromatic rings. The molecule has 0 aliphatic carbocycles. The Balaban J connectivity index is 1.98. The van der Waals surface area contributed by atoms with E-state index in [-0.39, 0.29) is 24.3 Å². The summed E-state index contributed by atoms with van der Waals surface area (Å²) in [5.41, 5.74) is 0.493. The summed E-state index contributed by atoms with van der Waals surface area (Å²) in [4.78, 5) is 26.4. The number of hydrogen-bond donors (Lipinski definition) is 2. The van der Waals surface area contributed by atoms with Crippen LogP contribution in [0.15, 0.2) is 18.2 Å². The number of hydrogen-bond acceptors (Lipinski definition) is 3. The normalized spacial score (nSPS) is 17.1. The fraction of sp³-hybridized carbons (Fsp3) is 0.500. The smallest absolute Gasteiger partial charge is 0.244 e. The number of carbonyl (C=O) groups is 2. The van der Waals surface area contributed by atoms with Crippen molar-refractivity contribution in [1.82, 2.24) is 10.2 Å². The predicted molar refractivity (Wildman–Crippen MR) is 92.9 cm³/mol. The lowest BCUT2D eigenvalue weighted by molar-refractivity contribution is -0.137. The van der Waals surface area contributed by atoms with E-state index in [4.69, 9.17) is 23.2 Å². The Labute approximate surface area is 146 Å². The molecule has 2 N–H and O–H groups in total. The number of benzene rings is 1. The number of nitrogens with one attached hydrogen (secondary N) is 2. The summed E-state index contributed by atoms with van der Waals surface area (Å²) in [6.45, 7) is 4.12. The molecule has 2 rings (SSSR count). The average Bonchev–Trinajstić information content (AvgIpc) is 3.03. The Hall–Kier alpha value is -1.30. The van der Waals surface area contributed by atoms with E-state index in [2.05, 4.69) is 10.6 Å². The zero-order valence-electron chi connectivity index (χ0n) is 13.1. The van der Waals surface area contributed by atoms with Crippen LogP contribution in [0, 0.1) is 5.92 Å². The summed E-state index contributed by atoms with van der Waals surface area (Å²) in [5.74, 6) is -0.260. The Morgan fingerprint density at radius 3 is 2.78 bits per heavy atom. The van der Waals surface area contributed by atoms with Crippen LogP contribution in [-0.4, -0.2) is 42.9 Å². The first kappa shape index (κ1) is 18.0. The lowest BCUT2D eigenvalue weighted by atomic mass is 10.1. The van der Waals surface area contributed by atoms with E-state index in [0.29, 0.717) is 28.8 Å². The molecule has 1 aliphatic heterocycles.